The van der Waals surface area contributed by atoms with Crippen LogP contribution in [0.5, 0.6) is 0 Å². The SMILES string of the molecule is COCC1CCN(CC(C)(C)OC)CC1. The molecule has 1 fully saturated rings. The maximum absolute atomic E-state index is 5.45. The lowest BCUT2D eigenvalue weighted by Gasteiger charge is -2.36. The highest BCUT2D eigenvalue weighted by Gasteiger charge is 2.25. The van der Waals surface area contributed by atoms with Crippen molar-refractivity contribution >= 4 is 0 Å². The van der Waals surface area contributed by atoms with Crippen LogP contribution in [0.25, 0.3) is 0 Å². The summed E-state index contributed by atoms with van der Waals surface area (Å²) in [6.07, 6.45) is 2.52. The number of hydrogen-bond acceptors (Lipinski definition) is 3. The van der Waals surface area contributed by atoms with Crippen molar-refractivity contribution in [2.45, 2.75) is 32.3 Å². The van der Waals surface area contributed by atoms with Crippen molar-refractivity contribution in [1.29, 1.82) is 0 Å². The summed E-state index contributed by atoms with van der Waals surface area (Å²) in [4.78, 5) is 2.50. The van der Waals surface area contributed by atoms with Crippen LogP contribution in [0.3, 0.4) is 0 Å². The van der Waals surface area contributed by atoms with Crippen molar-refractivity contribution in [3.63, 3.8) is 0 Å². The van der Waals surface area contributed by atoms with Gasteiger partial charge in [-0.05, 0) is 45.7 Å². The van der Waals surface area contributed by atoms with Crippen molar-refractivity contribution in [3.8, 4) is 0 Å². The van der Waals surface area contributed by atoms with E-state index in [0.717, 1.165) is 19.1 Å². The molecular formula is C12H25NO2. The van der Waals surface area contributed by atoms with Crippen molar-refractivity contribution in [1.82, 2.24) is 4.90 Å². The third kappa shape index (κ3) is 4.49. The van der Waals surface area contributed by atoms with Gasteiger partial charge in [0.25, 0.3) is 0 Å². The zero-order chi connectivity index (χ0) is 11.3. The Hall–Kier alpha value is -0.120. The maximum atomic E-state index is 5.45. The summed E-state index contributed by atoms with van der Waals surface area (Å²) < 4.78 is 10.6. The van der Waals surface area contributed by atoms with Gasteiger partial charge in [0.05, 0.1) is 5.60 Å². The van der Waals surface area contributed by atoms with Gasteiger partial charge < -0.3 is 14.4 Å². The van der Waals surface area contributed by atoms with Gasteiger partial charge >= 0.3 is 0 Å². The summed E-state index contributed by atoms with van der Waals surface area (Å²) in [5.74, 6) is 0.761. The van der Waals surface area contributed by atoms with Crippen LogP contribution in [-0.4, -0.2) is 51.0 Å². The average molecular weight is 215 g/mol. The molecule has 1 saturated heterocycles. The van der Waals surface area contributed by atoms with Crippen molar-refractivity contribution < 1.29 is 9.47 Å². The topological polar surface area (TPSA) is 21.7 Å². The van der Waals surface area contributed by atoms with E-state index in [0.29, 0.717) is 0 Å². The Balaban J connectivity index is 2.25. The van der Waals surface area contributed by atoms with Gasteiger partial charge in [-0.25, -0.2) is 0 Å². The lowest BCUT2D eigenvalue weighted by Crippen LogP contribution is -2.44. The van der Waals surface area contributed by atoms with Gasteiger partial charge in [0.15, 0.2) is 0 Å². The molecule has 3 heteroatoms. The highest BCUT2D eigenvalue weighted by atomic mass is 16.5. The number of piperidine rings is 1. The molecule has 0 amide bonds. The average Bonchev–Trinajstić information content (AvgIpc) is 2.21. The Bertz CT molecular complexity index is 174. The first-order chi connectivity index (χ1) is 7.07. The summed E-state index contributed by atoms with van der Waals surface area (Å²) in [5, 5.41) is 0. The fourth-order valence-corrected chi connectivity index (χ4v) is 2.15. The predicted molar refractivity (Wildman–Crippen MR) is 62.1 cm³/mol. The Morgan fingerprint density at radius 2 is 1.80 bits per heavy atom. The summed E-state index contributed by atoms with van der Waals surface area (Å²) in [6, 6.07) is 0. The van der Waals surface area contributed by atoms with Gasteiger partial charge in [-0.2, -0.15) is 0 Å². The molecule has 0 atom stereocenters. The lowest BCUT2D eigenvalue weighted by molar-refractivity contribution is -0.0177. The first-order valence-electron chi connectivity index (χ1n) is 5.84. The fraction of sp³-hybridized carbons (Fsp3) is 1.00. The van der Waals surface area contributed by atoms with Crippen LogP contribution in [0.2, 0.25) is 0 Å². The molecule has 0 unspecified atom stereocenters. The molecule has 3 nitrogen and oxygen atoms in total. The number of likely N-dealkylation sites (tertiary alicyclic amines) is 1. The fourth-order valence-electron chi connectivity index (χ4n) is 2.15. The minimum atomic E-state index is -0.0197. The Morgan fingerprint density at radius 1 is 1.20 bits per heavy atom. The van der Waals surface area contributed by atoms with Crippen LogP contribution >= 0.6 is 0 Å². The lowest BCUT2D eigenvalue weighted by atomic mass is 9.96. The summed E-state index contributed by atoms with van der Waals surface area (Å²) >= 11 is 0. The van der Waals surface area contributed by atoms with E-state index in [1.165, 1.54) is 25.9 Å². The maximum Gasteiger partial charge on any atom is 0.0749 e. The zero-order valence-electron chi connectivity index (χ0n) is 10.6. The number of hydrogen-bond donors (Lipinski definition) is 0. The van der Waals surface area contributed by atoms with Gasteiger partial charge in [0, 0.05) is 27.4 Å². The van der Waals surface area contributed by atoms with Crippen LogP contribution < -0.4 is 0 Å². The zero-order valence-corrected chi connectivity index (χ0v) is 10.6. The highest BCUT2D eigenvalue weighted by molar-refractivity contribution is 4.78. The van der Waals surface area contributed by atoms with Crippen molar-refractivity contribution in [2.75, 3.05) is 40.5 Å². The van der Waals surface area contributed by atoms with Gasteiger partial charge in [0.2, 0.25) is 0 Å². The standard InChI is InChI=1S/C12H25NO2/c1-12(2,15-4)10-13-7-5-11(6-8-13)9-14-3/h11H,5-10H2,1-4H3. The normalized spacial score (nSPS) is 20.8. The van der Waals surface area contributed by atoms with Gasteiger partial charge in [-0.1, -0.05) is 0 Å². The Kier molecular flexibility index (Phi) is 5.03. The number of ether oxygens (including phenoxy) is 2. The molecule has 1 rings (SSSR count). The molecule has 0 spiro atoms. The third-order valence-electron chi connectivity index (χ3n) is 3.27. The Morgan fingerprint density at radius 3 is 2.27 bits per heavy atom. The van der Waals surface area contributed by atoms with Crippen LogP contribution in [0, 0.1) is 5.92 Å². The second-order valence-electron chi connectivity index (χ2n) is 5.14. The minimum Gasteiger partial charge on any atom is -0.384 e. The molecule has 15 heavy (non-hydrogen) atoms. The van der Waals surface area contributed by atoms with E-state index >= 15 is 0 Å². The summed E-state index contributed by atoms with van der Waals surface area (Å²) in [6.45, 7) is 8.61. The first-order valence-corrected chi connectivity index (χ1v) is 5.84. The highest BCUT2D eigenvalue weighted by Crippen LogP contribution is 2.20. The molecule has 90 valence electrons. The monoisotopic (exact) mass is 215 g/mol. The molecule has 0 aliphatic carbocycles. The van der Waals surface area contributed by atoms with E-state index in [9.17, 15) is 0 Å². The van der Waals surface area contributed by atoms with E-state index in [1.807, 2.05) is 0 Å². The largest absolute Gasteiger partial charge is 0.384 e. The van der Waals surface area contributed by atoms with E-state index in [-0.39, 0.29) is 5.60 Å². The summed E-state index contributed by atoms with van der Waals surface area (Å²) in [7, 11) is 3.58. The molecule has 0 aromatic heterocycles. The van der Waals surface area contributed by atoms with E-state index in [2.05, 4.69) is 18.7 Å². The predicted octanol–water partition coefficient (Wildman–Crippen LogP) is 1.77. The smallest absolute Gasteiger partial charge is 0.0749 e. The molecule has 1 aliphatic heterocycles. The van der Waals surface area contributed by atoms with E-state index in [1.54, 1.807) is 14.2 Å². The molecule has 0 aromatic carbocycles. The number of nitrogens with zero attached hydrogens (tertiary/aromatic N) is 1. The van der Waals surface area contributed by atoms with Crippen molar-refractivity contribution in [3.05, 3.63) is 0 Å². The first kappa shape index (κ1) is 12.9. The molecule has 0 saturated carbocycles. The second-order valence-corrected chi connectivity index (χ2v) is 5.14. The quantitative estimate of drug-likeness (QED) is 0.697. The van der Waals surface area contributed by atoms with Crippen LogP contribution in [-0.2, 0) is 9.47 Å². The summed E-state index contributed by atoms with van der Waals surface area (Å²) in [5.41, 5.74) is -0.0197. The molecule has 0 bridgehead atoms. The minimum absolute atomic E-state index is 0.0197. The Labute approximate surface area is 93.7 Å². The molecule has 0 N–H and O–H groups in total. The van der Waals surface area contributed by atoms with E-state index < -0.39 is 0 Å². The van der Waals surface area contributed by atoms with Crippen molar-refractivity contribution in [2.24, 2.45) is 5.92 Å². The van der Waals surface area contributed by atoms with Gasteiger partial charge in [-0.15, -0.1) is 0 Å². The van der Waals surface area contributed by atoms with Gasteiger partial charge in [-0.3, -0.25) is 0 Å². The molecular weight excluding hydrogens is 190 g/mol. The number of methoxy groups -OCH3 is 2. The van der Waals surface area contributed by atoms with Gasteiger partial charge in [0.1, 0.15) is 0 Å². The van der Waals surface area contributed by atoms with E-state index in [4.69, 9.17) is 9.47 Å². The third-order valence-corrected chi connectivity index (χ3v) is 3.27. The van der Waals surface area contributed by atoms with Crippen LogP contribution in [0.1, 0.15) is 26.7 Å². The van der Waals surface area contributed by atoms with Crippen LogP contribution in [0.15, 0.2) is 0 Å². The molecule has 1 aliphatic rings. The second kappa shape index (κ2) is 5.83. The number of rotatable bonds is 5. The molecule has 0 aromatic rings. The molecule has 0 radical (unpaired) electrons. The molecule has 1 heterocycles. The van der Waals surface area contributed by atoms with Crippen LogP contribution in [0.4, 0.5) is 0 Å².